The Morgan fingerprint density at radius 1 is 1.33 bits per heavy atom. The summed E-state index contributed by atoms with van der Waals surface area (Å²) in [5.74, 6) is 1.36. The largest absolute Gasteiger partial charge is 0.310 e. The summed E-state index contributed by atoms with van der Waals surface area (Å²) in [6.45, 7) is 5.52. The molecule has 0 bridgehead atoms. The molecule has 0 amide bonds. The van der Waals surface area contributed by atoms with Crippen LogP contribution in [0.4, 0.5) is 4.39 Å². The van der Waals surface area contributed by atoms with Crippen molar-refractivity contribution < 1.29 is 4.39 Å². The molecule has 1 N–H and O–H groups in total. The highest BCUT2D eigenvalue weighted by Gasteiger charge is 2.28. The minimum atomic E-state index is -0.178. The van der Waals surface area contributed by atoms with Gasteiger partial charge in [0, 0.05) is 6.04 Å². The first-order chi connectivity index (χ1) is 10.2. The van der Waals surface area contributed by atoms with Crippen LogP contribution in [0.5, 0.6) is 0 Å². The van der Waals surface area contributed by atoms with Crippen molar-refractivity contribution >= 4 is 15.9 Å². The van der Waals surface area contributed by atoms with Crippen molar-refractivity contribution in [2.45, 2.75) is 58.4 Å². The van der Waals surface area contributed by atoms with Crippen molar-refractivity contribution in [3.8, 4) is 0 Å². The minimum Gasteiger partial charge on any atom is -0.310 e. The molecule has 1 aliphatic carbocycles. The highest BCUT2D eigenvalue weighted by molar-refractivity contribution is 9.10. The first-order valence-corrected chi connectivity index (χ1v) is 9.13. The first-order valence-electron chi connectivity index (χ1n) is 8.34. The topological polar surface area (TPSA) is 12.0 Å². The predicted molar refractivity (Wildman–Crippen MR) is 90.9 cm³/mol. The lowest BCUT2D eigenvalue weighted by molar-refractivity contribution is 0.209. The molecule has 3 heteroatoms. The summed E-state index contributed by atoms with van der Waals surface area (Å²) in [7, 11) is 0. The molecule has 1 saturated carbocycles. The molecule has 3 atom stereocenters. The van der Waals surface area contributed by atoms with Gasteiger partial charge in [0.25, 0.3) is 0 Å². The van der Waals surface area contributed by atoms with E-state index >= 15 is 0 Å². The lowest BCUT2D eigenvalue weighted by Gasteiger charge is -2.35. The van der Waals surface area contributed by atoms with Crippen molar-refractivity contribution in [1.29, 1.82) is 0 Å². The van der Waals surface area contributed by atoms with Crippen molar-refractivity contribution in [2.75, 3.05) is 6.54 Å². The molecule has 1 fully saturated rings. The summed E-state index contributed by atoms with van der Waals surface area (Å²) in [6, 6.07) is 5.85. The number of benzene rings is 1. The van der Waals surface area contributed by atoms with Gasteiger partial charge in [-0.3, -0.25) is 0 Å². The molecule has 3 unspecified atom stereocenters. The van der Waals surface area contributed by atoms with E-state index in [9.17, 15) is 4.39 Å². The molecule has 118 valence electrons. The molecule has 1 aliphatic rings. The standard InChI is InChI=1S/C18H27BrFN/c1-3-10-21-18(14-7-5-6-13(4-2)11-14)15-8-9-17(20)16(19)12-15/h8-9,12-14,18,21H,3-7,10-11H2,1-2H3. The molecule has 21 heavy (non-hydrogen) atoms. The Labute approximate surface area is 136 Å². The quantitative estimate of drug-likeness (QED) is 0.675. The fourth-order valence-electron chi connectivity index (χ4n) is 3.57. The molecular weight excluding hydrogens is 329 g/mol. The molecule has 0 heterocycles. The lowest BCUT2D eigenvalue weighted by atomic mass is 9.75. The molecule has 0 saturated heterocycles. The molecule has 0 aliphatic heterocycles. The second-order valence-electron chi connectivity index (χ2n) is 6.31. The molecule has 1 nitrogen and oxygen atoms in total. The van der Waals surface area contributed by atoms with Gasteiger partial charge < -0.3 is 5.32 Å². The number of nitrogens with one attached hydrogen (secondary N) is 1. The van der Waals surface area contributed by atoms with Gasteiger partial charge in [0.1, 0.15) is 5.82 Å². The van der Waals surface area contributed by atoms with Gasteiger partial charge in [0.2, 0.25) is 0 Å². The van der Waals surface area contributed by atoms with Crippen LogP contribution >= 0.6 is 15.9 Å². The predicted octanol–water partition coefficient (Wildman–Crippen LogP) is 5.85. The molecule has 0 aromatic heterocycles. The van der Waals surface area contributed by atoms with E-state index in [1.54, 1.807) is 6.07 Å². The first kappa shape index (κ1) is 17.0. The average molecular weight is 356 g/mol. The van der Waals surface area contributed by atoms with E-state index in [2.05, 4.69) is 35.1 Å². The second kappa shape index (κ2) is 8.28. The Balaban J connectivity index is 2.18. The maximum absolute atomic E-state index is 13.5. The van der Waals surface area contributed by atoms with Crippen molar-refractivity contribution in [1.82, 2.24) is 5.32 Å². The third-order valence-corrected chi connectivity index (χ3v) is 5.40. The van der Waals surface area contributed by atoms with Crippen LogP contribution in [-0.2, 0) is 0 Å². The van der Waals surface area contributed by atoms with E-state index in [0.717, 1.165) is 18.9 Å². The highest BCUT2D eigenvalue weighted by atomic mass is 79.9. The second-order valence-corrected chi connectivity index (χ2v) is 7.16. The fraction of sp³-hybridized carbons (Fsp3) is 0.667. The highest BCUT2D eigenvalue weighted by Crippen LogP contribution is 2.39. The lowest BCUT2D eigenvalue weighted by Crippen LogP contribution is -2.32. The van der Waals surface area contributed by atoms with E-state index in [4.69, 9.17) is 0 Å². The van der Waals surface area contributed by atoms with E-state index in [1.807, 2.05) is 12.1 Å². The molecule has 1 aromatic carbocycles. The third kappa shape index (κ3) is 4.53. The Kier molecular flexibility index (Phi) is 6.69. The zero-order valence-electron chi connectivity index (χ0n) is 13.2. The summed E-state index contributed by atoms with van der Waals surface area (Å²) in [6.07, 6.45) is 7.70. The molecule has 0 radical (unpaired) electrons. The van der Waals surface area contributed by atoms with Crippen LogP contribution in [0.1, 0.15) is 64.0 Å². The van der Waals surface area contributed by atoms with Crippen molar-refractivity contribution in [2.24, 2.45) is 11.8 Å². The number of rotatable bonds is 6. The summed E-state index contributed by atoms with van der Waals surface area (Å²) < 4.78 is 14.1. The molecule has 2 rings (SSSR count). The zero-order chi connectivity index (χ0) is 15.2. The van der Waals surface area contributed by atoms with Crippen LogP contribution in [0.25, 0.3) is 0 Å². The van der Waals surface area contributed by atoms with Gasteiger partial charge in [0.05, 0.1) is 4.47 Å². The minimum absolute atomic E-state index is 0.178. The van der Waals surface area contributed by atoms with Gasteiger partial charge in [-0.2, -0.15) is 0 Å². The number of hydrogen-bond donors (Lipinski definition) is 1. The van der Waals surface area contributed by atoms with E-state index in [-0.39, 0.29) is 5.82 Å². The van der Waals surface area contributed by atoms with Crippen LogP contribution < -0.4 is 5.32 Å². The Morgan fingerprint density at radius 2 is 2.14 bits per heavy atom. The Morgan fingerprint density at radius 3 is 2.81 bits per heavy atom. The fourth-order valence-corrected chi connectivity index (χ4v) is 3.96. The normalized spacial score (nSPS) is 24.0. The van der Waals surface area contributed by atoms with Gasteiger partial charge in [-0.25, -0.2) is 4.39 Å². The van der Waals surface area contributed by atoms with Crippen LogP contribution in [-0.4, -0.2) is 6.54 Å². The van der Waals surface area contributed by atoms with Gasteiger partial charge in [-0.15, -0.1) is 0 Å². The zero-order valence-corrected chi connectivity index (χ0v) is 14.8. The van der Waals surface area contributed by atoms with E-state index < -0.39 is 0 Å². The summed E-state index contributed by atoms with van der Waals surface area (Å²) in [5, 5.41) is 3.70. The Bertz CT molecular complexity index is 449. The van der Waals surface area contributed by atoms with Crippen LogP contribution in [0.15, 0.2) is 22.7 Å². The van der Waals surface area contributed by atoms with Gasteiger partial charge in [-0.1, -0.05) is 39.2 Å². The number of halogens is 2. The van der Waals surface area contributed by atoms with Crippen LogP contribution in [0.2, 0.25) is 0 Å². The molecular formula is C18H27BrFN. The maximum Gasteiger partial charge on any atom is 0.137 e. The van der Waals surface area contributed by atoms with E-state index in [1.165, 1.54) is 37.7 Å². The maximum atomic E-state index is 13.5. The third-order valence-electron chi connectivity index (χ3n) is 4.79. The van der Waals surface area contributed by atoms with E-state index in [0.29, 0.717) is 16.4 Å². The van der Waals surface area contributed by atoms with Crippen molar-refractivity contribution in [3.63, 3.8) is 0 Å². The summed E-state index contributed by atoms with van der Waals surface area (Å²) in [5.41, 5.74) is 1.22. The summed E-state index contributed by atoms with van der Waals surface area (Å²) in [4.78, 5) is 0. The van der Waals surface area contributed by atoms with Gasteiger partial charge in [-0.05, 0) is 71.3 Å². The molecule has 0 spiro atoms. The van der Waals surface area contributed by atoms with Crippen molar-refractivity contribution in [3.05, 3.63) is 34.1 Å². The van der Waals surface area contributed by atoms with Crippen LogP contribution in [0, 0.1) is 17.7 Å². The number of hydrogen-bond acceptors (Lipinski definition) is 1. The Hall–Kier alpha value is -0.410. The SMILES string of the molecule is CCCNC(c1ccc(F)c(Br)c1)C1CCCC(CC)C1. The monoisotopic (exact) mass is 355 g/mol. The molecule has 1 aromatic rings. The van der Waals surface area contributed by atoms with Gasteiger partial charge >= 0.3 is 0 Å². The summed E-state index contributed by atoms with van der Waals surface area (Å²) >= 11 is 3.33. The average Bonchev–Trinajstić information content (AvgIpc) is 2.51. The van der Waals surface area contributed by atoms with Crippen LogP contribution in [0.3, 0.4) is 0 Å². The van der Waals surface area contributed by atoms with Gasteiger partial charge in [0.15, 0.2) is 0 Å². The smallest absolute Gasteiger partial charge is 0.137 e.